The minimum atomic E-state index is 0.271. The monoisotopic (exact) mass is 286 g/mol. The highest BCUT2D eigenvalue weighted by atomic mass is 35.5. The summed E-state index contributed by atoms with van der Waals surface area (Å²) in [5, 5.41) is 4.70. The van der Waals surface area contributed by atoms with Crippen molar-refractivity contribution >= 4 is 29.3 Å². The zero-order chi connectivity index (χ0) is 13.0. The Kier molecular flexibility index (Phi) is 5.06. The first kappa shape index (κ1) is 13.9. The third-order valence-corrected chi connectivity index (χ3v) is 4.41. The average molecular weight is 287 g/mol. The van der Waals surface area contributed by atoms with E-state index in [1.807, 2.05) is 6.92 Å². The Labute approximate surface area is 117 Å². The van der Waals surface area contributed by atoms with Gasteiger partial charge in [0.15, 0.2) is 5.16 Å². The zero-order valence-electron chi connectivity index (χ0n) is 10.8. The molecule has 0 radical (unpaired) electrons. The van der Waals surface area contributed by atoms with Crippen LogP contribution in [0.2, 0.25) is 5.28 Å². The fraction of sp³-hybridized carbons (Fsp3) is 0.750. The maximum atomic E-state index is 5.92. The van der Waals surface area contributed by atoms with E-state index in [2.05, 4.69) is 27.2 Å². The Morgan fingerprint density at radius 3 is 2.89 bits per heavy atom. The molecule has 2 rings (SSSR count). The van der Waals surface area contributed by atoms with Gasteiger partial charge in [-0.25, -0.2) is 0 Å². The molecule has 1 saturated carbocycles. The van der Waals surface area contributed by atoms with E-state index in [-0.39, 0.29) is 5.28 Å². The molecule has 1 aromatic heterocycles. The van der Waals surface area contributed by atoms with Crippen LogP contribution in [-0.2, 0) is 0 Å². The van der Waals surface area contributed by atoms with Crippen LogP contribution in [0.25, 0.3) is 0 Å². The predicted octanol–water partition coefficient (Wildman–Crippen LogP) is 3.63. The highest BCUT2D eigenvalue weighted by Crippen LogP contribution is 2.35. The fourth-order valence-corrected chi connectivity index (χ4v) is 3.75. The van der Waals surface area contributed by atoms with E-state index >= 15 is 0 Å². The molecule has 6 heteroatoms. The number of aromatic nitrogens is 3. The van der Waals surface area contributed by atoms with Crippen molar-refractivity contribution in [3.8, 4) is 0 Å². The average Bonchev–Trinajstić information content (AvgIpc) is 2.28. The van der Waals surface area contributed by atoms with Crippen molar-refractivity contribution in [3.05, 3.63) is 5.28 Å². The Balaban J connectivity index is 2.03. The van der Waals surface area contributed by atoms with Crippen LogP contribution < -0.4 is 5.32 Å². The molecule has 0 aliphatic heterocycles. The summed E-state index contributed by atoms with van der Waals surface area (Å²) in [6, 6.07) is 0. The van der Waals surface area contributed by atoms with Crippen molar-refractivity contribution in [1.82, 2.24) is 15.0 Å². The SMILES string of the molecule is CCNc1nc(Cl)nc(SC2CCCC(C)C2)n1. The smallest absolute Gasteiger partial charge is 0.228 e. The molecule has 1 aromatic rings. The van der Waals surface area contributed by atoms with Gasteiger partial charge in [0.05, 0.1) is 0 Å². The summed E-state index contributed by atoms with van der Waals surface area (Å²) in [5.74, 6) is 1.38. The van der Waals surface area contributed by atoms with Crippen LogP contribution in [-0.4, -0.2) is 26.7 Å². The molecule has 18 heavy (non-hydrogen) atoms. The Morgan fingerprint density at radius 2 is 2.17 bits per heavy atom. The van der Waals surface area contributed by atoms with Gasteiger partial charge in [-0.1, -0.05) is 31.5 Å². The Hall–Kier alpha value is -0.550. The summed E-state index contributed by atoms with van der Waals surface area (Å²) in [4.78, 5) is 12.6. The maximum Gasteiger partial charge on any atom is 0.228 e. The van der Waals surface area contributed by atoms with E-state index < -0.39 is 0 Å². The van der Waals surface area contributed by atoms with Crippen LogP contribution in [0, 0.1) is 5.92 Å². The lowest BCUT2D eigenvalue weighted by Crippen LogP contribution is -2.15. The van der Waals surface area contributed by atoms with Gasteiger partial charge in [-0.05, 0) is 37.3 Å². The van der Waals surface area contributed by atoms with E-state index in [9.17, 15) is 0 Å². The predicted molar refractivity (Wildman–Crippen MR) is 76.3 cm³/mol. The highest BCUT2D eigenvalue weighted by molar-refractivity contribution is 7.99. The van der Waals surface area contributed by atoms with Gasteiger partial charge in [0.2, 0.25) is 11.2 Å². The molecule has 4 nitrogen and oxygen atoms in total. The molecule has 1 aliphatic carbocycles. The van der Waals surface area contributed by atoms with Gasteiger partial charge in [0, 0.05) is 11.8 Å². The van der Waals surface area contributed by atoms with Crippen LogP contribution >= 0.6 is 23.4 Å². The van der Waals surface area contributed by atoms with Crippen LogP contribution in [0.3, 0.4) is 0 Å². The molecule has 1 N–H and O–H groups in total. The zero-order valence-corrected chi connectivity index (χ0v) is 12.4. The van der Waals surface area contributed by atoms with Crippen molar-refractivity contribution in [2.24, 2.45) is 5.92 Å². The fourth-order valence-electron chi connectivity index (χ4n) is 2.26. The van der Waals surface area contributed by atoms with Crippen molar-refractivity contribution in [2.75, 3.05) is 11.9 Å². The lowest BCUT2D eigenvalue weighted by atomic mass is 9.91. The number of hydrogen-bond donors (Lipinski definition) is 1. The number of anilines is 1. The van der Waals surface area contributed by atoms with Crippen molar-refractivity contribution in [1.29, 1.82) is 0 Å². The van der Waals surface area contributed by atoms with Gasteiger partial charge in [-0.3, -0.25) is 0 Å². The van der Waals surface area contributed by atoms with E-state index in [1.165, 1.54) is 25.7 Å². The lowest BCUT2D eigenvalue weighted by Gasteiger charge is -2.25. The number of nitrogens with one attached hydrogen (secondary N) is 1. The number of halogens is 1. The van der Waals surface area contributed by atoms with Crippen molar-refractivity contribution in [2.45, 2.75) is 49.9 Å². The topological polar surface area (TPSA) is 50.7 Å². The number of thioether (sulfide) groups is 1. The summed E-state index contributed by atoms with van der Waals surface area (Å²) in [7, 11) is 0. The molecule has 0 spiro atoms. The van der Waals surface area contributed by atoms with E-state index in [1.54, 1.807) is 11.8 Å². The van der Waals surface area contributed by atoms with Crippen LogP contribution in [0.5, 0.6) is 0 Å². The van der Waals surface area contributed by atoms with Gasteiger partial charge in [0.1, 0.15) is 0 Å². The molecule has 1 heterocycles. The van der Waals surface area contributed by atoms with Gasteiger partial charge in [-0.15, -0.1) is 0 Å². The molecule has 2 unspecified atom stereocenters. The molecule has 0 amide bonds. The van der Waals surface area contributed by atoms with Gasteiger partial charge >= 0.3 is 0 Å². The first-order chi connectivity index (χ1) is 8.67. The quantitative estimate of drug-likeness (QED) is 0.916. The first-order valence-electron chi connectivity index (χ1n) is 6.49. The molecule has 2 atom stereocenters. The van der Waals surface area contributed by atoms with E-state index in [0.717, 1.165) is 17.6 Å². The van der Waals surface area contributed by atoms with Gasteiger partial charge in [0.25, 0.3) is 0 Å². The standard InChI is InChI=1S/C12H19ClN4S/c1-3-14-11-15-10(13)16-12(17-11)18-9-6-4-5-8(2)7-9/h8-9H,3-7H2,1-2H3,(H,14,15,16,17). The second-order valence-electron chi connectivity index (χ2n) is 4.75. The Bertz CT molecular complexity index is 402. The number of hydrogen-bond acceptors (Lipinski definition) is 5. The van der Waals surface area contributed by atoms with Gasteiger partial charge < -0.3 is 5.32 Å². The van der Waals surface area contributed by atoms with E-state index in [0.29, 0.717) is 11.2 Å². The van der Waals surface area contributed by atoms with Gasteiger partial charge in [-0.2, -0.15) is 15.0 Å². The largest absolute Gasteiger partial charge is 0.354 e. The summed E-state index contributed by atoms with van der Waals surface area (Å²) >= 11 is 7.65. The van der Waals surface area contributed by atoms with Crippen molar-refractivity contribution in [3.63, 3.8) is 0 Å². The molecule has 1 aliphatic rings. The molecule has 1 fully saturated rings. The minimum absolute atomic E-state index is 0.271. The second kappa shape index (κ2) is 6.57. The highest BCUT2D eigenvalue weighted by Gasteiger charge is 2.21. The first-order valence-corrected chi connectivity index (χ1v) is 7.75. The third kappa shape index (κ3) is 3.99. The van der Waals surface area contributed by atoms with Crippen LogP contribution in [0.1, 0.15) is 39.5 Å². The van der Waals surface area contributed by atoms with Crippen molar-refractivity contribution < 1.29 is 0 Å². The summed E-state index contributed by atoms with van der Waals surface area (Å²) in [5.41, 5.74) is 0. The second-order valence-corrected chi connectivity index (χ2v) is 6.36. The molecular weight excluding hydrogens is 268 g/mol. The van der Waals surface area contributed by atoms with E-state index in [4.69, 9.17) is 11.6 Å². The summed E-state index contributed by atoms with van der Waals surface area (Å²) in [6.45, 7) is 5.11. The molecule has 100 valence electrons. The molecule has 0 bridgehead atoms. The molecular formula is C12H19ClN4S. The third-order valence-electron chi connectivity index (χ3n) is 3.08. The Morgan fingerprint density at radius 1 is 1.33 bits per heavy atom. The summed E-state index contributed by atoms with van der Waals surface area (Å²) < 4.78 is 0. The van der Waals surface area contributed by atoms with Crippen LogP contribution in [0.4, 0.5) is 5.95 Å². The molecule has 0 aromatic carbocycles. The number of nitrogens with zero attached hydrogens (tertiary/aromatic N) is 3. The minimum Gasteiger partial charge on any atom is -0.354 e. The number of rotatable bonds is 4. The normalized spacial score (nSPS) is 23.9. The molecule has 0 saturated heterocycles. The lowest BCUT2D eigenvalue weighted by molar-refractivity contribution is 0.394. The van der Waals surface area contributed by atoms with Crippen LogP contribution in [0.15, 0.2) is 5.16 Å². The summed E-state index contributed by atoms with van der Waals surface area (Å²) in [6.07, 6.45) is 5.13. The maximum absolute atomic E-state index is 5.92.